The van der Waals surface area contributed by atoms with E-state index in [0.717, 1.165) is 19.3 Å². The van der Waals surface area contributed by atoms with Crippen molar-refractivity contribution in [2.45, 2.75) is 96.3 Å². The molecule has 0 spiro atoms. The van der Waals surface area contributed by atoms with E-state index in [9.17, 15) is 23.4 Å². The molecule has 1 fully saturated rings. The van der Waals surface area contributed by atoms with E-state index in [4.69, 9.17) is 0 Å². The molecule has 8 heteroatoms. The number of urea groups is 1. The molecule has 1 rings (SSSR count). The third-order valence-electron chi connectivity index (χ3n) is 5.11. The molecule has 0 aromatic rings. The zero-order valence-electron chi connectivity index (χ0n) is 16.9. The Morgan fingerprint density at radius 1 is 1.04 bits per heavy atom. The highest BCUT2D eigenvalue weighted by molar-refractivity contribution is 7.92. The summed E-state index contributed by atoms with van der Waals surface area (Å²) in [6, 6.07) is -1.44. The summed E-state index contributed by atoms with van der Waals surface area (Å²) in [6.45, 7) is 10.4. The molecule has 1 aliphatic rings. The van der Waals surface area contributed by atoms with Gasteiger partial charge in [0.15, 0.2) is 16.1 Å². The predicted octanol–water partition coefficient (Wildman–Crippen LogP) is 1.93. The fraction of sp³-hybridized carbons (Fsp3) is 0.944. The number of aliphatic hydroxyl groups is 2. The van der Waals surface area contributed by atoms with Crippen molar-refractivity contribution in [1.29, 1.82) is 0 Å². The summed E-state index contributed by atoms with van der Waals surface area (Å²) in [6.07, 6.45) is 2.20. The highest BCUT2D eigenvalue weighted by Crippen LogP contribution is 2.32. The molecule has 1 aliphatic carbocycles. The van der Waals surface area contributed by atoms with Crippen LogP contribution in [0.15, 0.2) is 0 Å². The van der Waals surface area contributed by atoms with Gasteiger partial charge in [0.1, 0.15) is 0 Å². The summed E-state index contributed by atoms with van der Waals surface area (Å²) in [5, 5.41) is 24.6. The maximum Gasteiger partial charge on any atom is 0.315 e. The Kier molecular flexibility index (Phi) is 7.15. The van der Waals surface area contributed by atoms with E-state index in [1.165, 1.54) is 0 Å². The van der Waals surface area contributed by atoms with Gasteiger partial charge in [-0.15, -0.1) is 0 Å². The molecule has 1 atom stereocenters. The van der Waals surface area contributed by atoms with Crippen molar-refractivity contribution in [2.75, 3.05) is 5.75 Å². The number of hydrogen-bond acceptors (Lipinski definition) is 5. The Bertz CT molecular complexity index is 582. The van der Waals surface area contributed by atoms with Crippen LogP contribution in [0.3, 0.4) is 0 Å². The van der Waals surface area contributed by atoms with Crippen LogP contribution in [-0.2, 0) is 9.84 Å². The van der Waals surface area contributed by atoms with Gasteiger partial charge in [-0.25, -0.2) is 13.2 Å². The lowest BCUT2D eigenvalue weighted by atomic mass is 9.83. The van der Waals surface area contributed by atoms with Crippen molar-refractivity contribution >= 4 is 15.9 Å². The molecule has 0 aliphatic heterocycles. The predicted molar refractivity (Wildman–Crippen MR) is 102 cm³/mol. The number of hydrogen-bond donors (Lipinski definition) is 4. The van der Waals surface area contributed by atoms with Crippen molar-refractivity contribution in [2.24, 2.45) is 5.41 Å². The standard InChI is InChI=1S/C18H36N2O5S/c1-16(2,3)13(14(21)22)19-15(23)20-18(10-8-7-9-11-18)12-26(24,25)17(4,5)6/h13-14,21-22H,7-12H2,1-6H3,(H2,19,20,23)/t13-/m1/s1. The number of sulfone groups is 1. The second-order valence-electron chi connectivity index (χ2n) is 9.57. The van der Waals surface area contributed by atoms with E-state index >= 15 is 0 Å². The first-order valence-corrected chi connectivity index (χ1v) is 10.9. The van der Waals surface area contributed by atoms with Gasteiger partial charge in [0, 0.05) is 0 Å². The van der Waals surface area contributed by atoms with Crippen molar-refractivity contribution in [3.8, 4) is 0 Å². The number of carbonyl (C=O) groups excluding carboxylic acids is 1. The Hall–Kier alpha value is -0.860. The van der Waals surface area contributed by atoms with Crippen LogP contribution >= 0.6 is 0 Å². The molecule has 0 radical (unpaired) electrons. The second-order valence-corrected chi connectivity index (χ2v) is 12.3. The molecule has 4 N–H and O–H groups in total. The summed E-state index contributed by atoms with van der Waals surface area (Å²) in [5.41, 5.74) is -1.39. The topological polar surface area (TPSA) is 116 Å². The maximum atomic E-state index is 12.7. The van der Waals surface area contributed by atoms with Gasteiger partial charge in [0.2, 0.25) is 0 Å². The maximum absolute atomic E-state index is 12.7. The molecule has 0 aromatic heterocycles. The number of amides is 2. The number of carbonyl (C=O) groups is 1. The highest BCUT2D eigenvalue weighted by atomic mass is 32.2. The van der Waals surface area contributed by atoms with Crippen molar-refractivity contribution < 1.29 is 23.4 Å². The first kappa shape index (κ1) is 23.2. The van der Waals surface area contributed by atoms with Crippen LogP contribution in [0, 0.1) is 5.41 Å². The van der Waals surface area contributed by atoms with Gasteiger partial charge in [0.05, 0.1) is 22.1 Å². The van der Waals surface area contributed by atoms with Gasteiger partial charge in [-0.05, 0) is 39.0 Å². The average molecular weight is 393 g/mol. The van der Waals surface area contributed by atoms with E-state index in [1.54, 1.807) is 41.5 Å². The number of nitrogens with one attached hydrogen (secondary N) is 2. The van der Waals surface area contributed by atoms with Crippen molar-refractivity contribution in [3.63, 3.8) is 0 Å². The quantitative estimate of drug-likeness (QED) is 0.534. The molecule has 7 nitrogen and oxygen atoms in total. The molecule has 26 heavy (non-hydrogen) atoms. The van der Waals surface area contributed by atoms with E-state index in [1.807, 2.05) is 0 Å². The third-order valence-corrected chi connectivity index (χ3v) is 7.91. The van der Waals surface area contributed by atoms with Crippen LogP contribution in [0.1, 0.15) is 73.6 Å². The summed E-state index contributed by atoms with van der Waals surface area (Å²) in [5.74, 6) is -0.112. The fourth-order valence-corrected chi connectivity index (χ4v) is 4.79. The SMILES string of the molecule is CC(C)(C)[C@H](NC(=O)NC1(CS(=O)(=O)C(C)(C)C)CCCCC1)C(O)O. The zero-order valence-corrected chi connectivity index (χ0v) is 17.7. The molecular formula is C18H36N2O5S. The minimum atomic E-state index is -3.42. The molecule has 0 aromatic carbocycles. The third kappa shape index (κ3) is 6.09. The van der Waals surface area contributed by atoms with E-state index in [-0.39, 0.29) is 5.75 Å². The first-order chi connectivity index (χ1) is 11.6. The molecule has 2 amide bonds. The number of aliphatic hydroxyl groups excluding tert-OH is 1. The van der Waals surface area contributed by atoms with Crippen molar-refractivity contribution in [1.82, 2.24) is 10.6 Å². The van der Waals surface area contributed by atoms with Crippen LogP contribution in [0.2, 0.25) is 0 Å². The summed E-state index contributed by atoms with van der Waals surface area (Å²) >= 11 is 0. The van der Waals surface area contributed by atoms with Gasteiger partial charge in [-0.1, -0.05) is 40.0 Å². The van der Waals surface area contributed by atoms with Crippen LogP contribution < -0.4 is 10.6 Å². The van der Waals surface area contributed by atoms with Gasteiger partial charge < -0.3 is 20.8 Å². The van der Waals surface area contributed by atoms with Crippen LogP contribution in [0.25, 0.3) is 0 Å². The van der Waals surface area contributed by atoms with Crippen LogP contribution in [0.5, 0.6) is 0 Å². The average Bonchev–Trinajstić information content (AvgIpc) is 2.42. The monoisotopic (exact) mass is 392 g/mol. The normalized spacial score (nSPS) is 19.9. The smallest absolute Gasteiger partial charge is 0.315 e. The lowest BCUT2D eigenvalue weighted by Crippen LogP contribution is -2.61. The highest BCUT2D eigenvalue weighted by Gasteiger charge is 2.43. The Balaban J connectivity index is 2.99. The van der Waals surface area contributed by atoms with Gasteiger partial charge in [-0.3, -0.25) is 0 Å². The minimum absolute atomic E-state index is 0.112. The summed E-state index contributed by atoms with van der Waals surface area (Å²) in [7, 11) is -3.42. The Morgan fingerprint density at radius 2 is 1.54 bits per heavy atom. The summed E-state index contributed by atoms with van der Waals surface area (Å²) < 4.78 is 24.6. The molecule has 154 valence electrons. The zero-order chi connectivity index (χ0) is 20.4. The Labute approximate surface area is 157 Å². The van der Waals surface area contributed by atoms with E-state index in [2.05, 4.69) is 10.6 Å². The minimum Gasteiger partial charge on any atom is -0.366 e. The van der Waals surface area contributed by atoms with Crippen LogP contribution in [-0.4, -0.2) is 53.0 Å². The number of rotatable bonds is 5. The van der Waals surface area contributed by atoms with Gasteiger partial charge in [0.25, 0.3) is 0 Å². The molecule has 1 saturated carbocycles. The fourth-order valence-electron chi connectivity index (χ4n) is 3.27. The lowest BCUT2D eigenvalue weighted by molar-refractivity contribution is -0.0888. The summed E-state index contributed by atoms with van der Waals surface area (Å²) in [4.78, 5) is 12.6. The van der Waals surface area contributed by atoms with Crippen molar-refractivity contribution in [3.05, 3.63) is 0 Å². The van der Waals surface area contributed by atoms with Gasteiger partial charge in [-0.2, -0.15) is 0 Å². The van der Waals surface area contributed by atoms with E-state index < -0.39 is 43.9 Å². The lowest BCUT2D eigenvalue weighted by Gasteiger charge is -2.40. The van der Waals surface area contributed by atoms with E-state index in [0.29, 0.717) is 12.8 Å². The molecule has 0 saturated heterocycles. The Morgan fingerprint density at radius 3 is 1.92 bits per heavy atom. The molecule has 0 bridgehead atoms. The largest absolute Gasteiger partial charge is 0.366 e. The molecule has 0 heterocycles. The first-order valence-electron chi connectivity index (χ1n) is 9.27. The van der Waals surface area contributed by atoms with Crippen LogP contribution in [0.4, 0.5) is 4.79 Å². The second kappa shape index (κ2) is 8.02. The van der Waals surface area contributed by atoms with Gasteiger partial charge >= 0.3 is 6.03 Å². The molecular weight excluding hydrogens is 356 g/mol. The molecule has 0 unspecified atom stereocenters.